The number of benzene rings is 4. The summed E-state index contributed by atoms with van der Waals surface area (Å²) in [5.41, 5.74) is 3.27. The Balaban J connectivity index is 1.34. The second-order valence-corrected chi connectivity index (χ2v) is 18.7. The van der Waals surface area contributed by atoms with E-state index in [4.69, 9.17) is 24.2 Å². The molecule has 8 rings (SSSR count). The topological polar surface area (TPSA) is 183 Å². The van der Waals surface area contributed by atoms with Gasteiger partial charge in [0, 0.05) is 55.8 Å². The van der Waals surface area contributed by atoms with Gasteiger partial charge in [-0.1, -0.05) is 84.7 Å². The third-order valence-electron chi connectivity index (χ3n) is 12.8. The van der Waals surface area contributed by atoms with Gasteiger partial charge in [-0.15, -0.1) is 6.58 Å². The molecule has 1 aliphatic heterocycles. The van der Waals surface area contributed by atoms with Gasteiger partial charge in [0.05, 0.1) is 40.8 Å². The molecule has 0 radical (unpaired) electrons. The number of ether oxygens (including phenoxy) is 3. The van der Waals surface area contributed by atoms with Crippen LogP contribution in [0.5, 0.6) is 17.2 Å². The number of oxime groups is 1. The second-order valence-electron chi connectivity index (χ2n) is 16.7. The molecule has 0 unspecified atom stereocenters. The van der Waals surface area contributed by atoms with Gasteiger partial charge in [0.25, 0.3) is 5.69 Å². The monoisotopic (exact) mass is 902 g/mol. The summed E-state index contributed by atoms with van der Waals surface area (Å²) < 4.78 is 52.3. The molecule has 15 heteroatoms. The highest BCUT2D eigenvalue weighted by Gasteiger charge is 2.65. The Bertz CT molecular complexity index is 2670. The highest BCUT2D eigenvalue weighted by Crippen LogP contribution is 2.62. The van der Waals surface area contributed by atoms with E-state index in [0.29, 0.717) is 53.8 Å². The maximum Gasteiger partial charge on any atom is 0.273 e. The van der Waals surface area contributed by atoms with Gasteiger partial charge < -0.3 is 29.3 Å². The van der Waals surface area contributed by atoms with E-state index < -0.39 is 38.6 Å². The first-order valence-electron chi connectivity index (χ1n) is 22.1. The summed E-state index contributed by atoms with van der Waals surface area (Å²) >= 11 is 0. The van der Waals surface area contributed by atoms with Gasteiger partial charge in [0.15, 0.2) is 0 Å². The Hall–Kier alpha value is -5.97. The van der Waals surface area contributed by atoms with Crippen LogP contribution in [0.3, 0.4) is 0 Å². The molecule has 0 bridgehead atoms. The number of nitro benzene ring substituents is 1. The summed E-state index contributed by atoms with van der Waals surface area (Å²) in [6, 6.07) is 28.7. The number of para-hydroxylation sites is 1. The van der Waals surface area contributed by atoms with Crippen LogP contribution in [0.4, 0.5) is 5.69 Å². The number of sulfonamides is 1. The average Bonchev–Trinajstić information content (AvgIpc) is 3.32. The van der Waals surface area contributed by atoms with Crippen molar-refractivity contribution in [3.05, 3.63) is 155 Å². The minimum atomic E-state index is -4.32. The van der Waals surface area contributed by atoms with Crippen molar-refractivity contribution in [2.45, 2.75) is 74.2 Å². The van der Waals surface area contributed by atoms with Crippen molar-refractivity contribution in [2.75, 3.05) is 26.9 Å². The minimum absolute atomic E-state index is 0.0200. The lowest BCUT2D eigenvalue weighted by Crippen LogP contribution is -2.69. The van der Waals surface area contributed by atoms with Gasteiger partial charge in [0.1, 0.15) is 28.8 Å². The number of aliphatic hydroxyl groups is 2. The van der Waals surface area contributed by atoms with E-state index in [0.717, 1.165) is 29.5 Å². The van der Waals surface area contributed by atoms with Gasteiger partial charge in [-0.05, 0) is 85.1 Å². The third-order valence-corrected chi connectivity index (χ3v) is 14.7. The van der Waals surface area contributed by atoms with Gasteiger partial charge in [-0.3, -0.25) is 15.1 Å². The minimum Gasteiger partial charge on any atom is -0.460 e. The number of non-ortho nitro benzene ring substituents is 1. The van der Waals surface area contributed by atoms with Crippen LogP contribution in [0.25, 0.3) is 10.9 Å². The summed E-state index contributed by atoms with van der Waals surface area (Å²) in [6.07, 6.45) is 9.55. The molecule has 6 atom stereocenters. The Labute approximate surface area is 379 Å². The fraction of sp³-hybridized carbons (Fsp3) is 0.360. The van der Waals surface area contributed by atoms with Crippen molar-refractivity contribution in [2.24, 2.45) is 22.9 Å². The van der Waals surface area contributed by atoms with E-state index >= 15 is 8.42 Å². The van der Waals surface area contributed by atoms with Crippen molar-refractivity contribution < 1.29 is 42.6 Å². The fourth-order valence-electron chi connectivity index (χ4n) is 9.93. The normalized spacial score (nSPS) is 23.0. The predicted octanol–water partition coefficient (Wildman–Crippen LogP) is 9.09. The zero-order valence-corrected chi connectivity index (χ0v) is 37.1. The molecule has 2 heterocycles. The number of rotatable bonds is 20. The molecule has 3 aliphatic rings. The molecule has 1 aromatic heterocycles. The molecule has 1 fully saturated rings. The number of unbranched alkanes of at least 4 members (excludes halogenated alkanes) is 2. The second kappa shape index (κ2) is 20.0. The molecular formula is C50H54N4O10S. The first-order chi connectivity index (χ1) is 31.6. The lowest BCUT2D eigenvalue weighted by Gasteiger charge is -2.59. The molecule has 4 aromatic carbocycles. The predicted molar refractivity (Wildman–Crippen MR) is 246 cm³/mol. The molecule has 340 valence electrons. The Morgan fingerprint density at radius 1 is 0.954 bits per heavy atom. The van der Waals surface area contributed by atoms with E-state index in [9.17, 15) is 20.3 Å². The van der Waals surface area contributed by atoms with Crippen molar-refractivity contribution >= 4 is 32.3 Å². The summed E-state index contributed by atoms with van der Waals surface area (Å²) in [4.78, 5) is 21.9. The van der Waals surface area contributed by atoms with E-state index in [2.05, 4.69) is 17.6 Å². The van der Waals surface area contributed by atoms with Gasteiger partial charge in [0.2, 0.25) is 15.8 Å². The lowest BCUT2D eigenvalue weighted by molar-refractivity contribution is -0.384. The SMILES string of the molecule is C=CCO[C@@]12Oc3ccc(Oc4cccc([N+](=O)[O-])c4)cc3[C@H]3[C@H](CCCCO)[C@@H](CCCCO)C=C(C(=NOCc4ccccc4)C[C@@H]1N(C)S(=O)(=O)c1cccc4cccnc14)[C@H]32. The molecular weight excluding hydrogens is 849 g/mol. The number of likely N-dealkylation sites (N-methyl/N-ethyl adjacent to an activating group) is 1. The fourth-order valence-corrected chi connectivity index (χ4v) is 11.5. The quantitative estimate of drug-likeness (QED) is 0.0329. The van der Waals surface area contributed by atoms with Crippen molar-refractivity contribution in [1.82, 2.24) is 9.29 Å². The van der Waals surface area contributed by atoms with E-state index in [1.165, 1.54) is 16.4 Å². The van der Waals surface area contributed by atoms with Crippen molar-refractivity contribution in [1.29, 1.82) is 0 Å². The number of aliphatic hydroxyl groups excluding tert-OH is 2. The van der Waals surface area contributed by atoms with Crippen LogP contribution in [0.15, 0.2) is 144 Å². The number of pyridine rings is 1. The van der Waals surface area contributed by atoms with E-state index in [1.807, 2.05) is 48.5 Å². The Morgan fingerprint density at radius 2 is 1.71 bits per heavy atom. The molecule has 14 nitrogen and oxygen atoms in total. The third kappa shape index (κ3) is 9.29. The standard InChI is InChI=1S/C50H54N4O10S/c1-3-28-61-50-46(53(2)65(59,60)45-22-11-17-35-18-13-25-51-49(35)45)32-43(52-62-33-34-14-5-4-6-15-34)41-29-36(16-7-9-26-55)40(21-8-10-27-56)47(48(41)50)42-31-39(23-24-44(42)64-50)63-38-20-12-19-37(30-38)54(57)58/h3-6,11-15,17-20,22-25,29-31,36,40,46-48,55-56H,1,7-10,16,21,26-28,32-33H2,2H3/t36-,40+,46-,47+,48+,50+/m0/s1. The van der Waals surface area contributed by atoms with Crippen LogP contribution in [-0.4, -0.2) is 77.3 Å². The van der Waals surface area contributed by atoms with Crippen LogP contribution in [-0.2, 0) is 26.2 Å². The number of aromatic nitrogens is 1. The number of allylic oxidation sites excluding steroid dienone is 1. The van der Waals surface area contributed by atoms with Crippen molar-refractivity contribution in [3.8, 4) is 17.2 Å². The molecule has 1 saturated carbocycles. The van der Waals surface area contributed by atoms with Crippen LogP contribution in [0.2, 0.25) is 0 Å². The summed E-state index contributed by atoms with van der Waals surface area (Å²) in [5, 5.41) is 37.1. The van der Waals surface area contributed by atoms with Gasteiger partial charge in [-0.25, -0.2) is 8.42 Å². The van der Waals surface area contributed by atoms with Crippen LogP contribution < -0.4 is 9.47 Å². The van der Waals surface area contributed by atoms with Gasteiger partial charge in [-0.2, -0.15) is 4.31 Å². The number of nitrogens with zero attached hydrogens (tertiary/aromatic N) is 4. The van der Waals surface area contributed by atoms with E-state index in [-0.39, 0.29) is 61.0 Å². The number of nitro groups is 1. The Morgan fingerprint density at radius 3 is 2.48 bits per heavy atom. The molecule has 0 spiro atoms. The first-order valence-corrected chi connectivity index (χ1v) is 23.5. The highest BCUT2D eigenvalue weighted by atomic mass is 32.2. The van der Waals surface area contributed by atoms with Gasteiger partial charge >= 0.3 is 0 Å². The summed E-state index contributed by atoms with van der Waals surface area (Å²) in [7, 11) is -2.78. The summed E-state index contributed by atoms with van der Waals surface area (Å²) in [5.74, 6) is -1.68. The number of hydrogen-bond donors (Lipinski definition) is 2. The molecule has 65 heavy (non-hydrogen) atoms. The van der Waals surface area contributed by atoms with Crippen LogP contribution in [0.1, 0.15) is 62.0 Å². The van der Waals surface area contributed by atoms with Crippen molar-refractivity contribution in [3.63, 3.8) is 0 Å². The number of hydrogen-bond acceptors (Lipinski definition) is 12. The maximum absolute atomic E-state index is 15.2. The largest absolute Gasteiger partial charge is 0.460 e. The molecule has 0 amide bonds. The molecule has 5 aromatic rings. The lowest BCUT2D eigenvalue weighted by atomic mass is 9.55. The van der Waals surface area contributed by atoms with Crippen LogP contribution >= 0.6 is 0 Å². The maximum atomic E-state index is 15.2. The highest BCUT2D eigenvalue weighted by molar-refractivity contribution is 7.89. The van der Waals surface area contributed by atoms with Crippen LogP contribution in [0, 0.1) is 27.9 Å². The van der Waals surface area contributed by atoms with E-state index in [1.54, 1.807) is 61.8 Å². The smallest absolute Gasteiger partial charge is 0.273 e. The zero-order chi connectivity index (χ0) is 45.6. The average molecular weight is 903 g/mol. The molecule has 0 saturated heterocycles. The zero-order valence-electron chi connectivity index (χ0n) is 36.3. The molecule has 2 N–H and O–H groups in total. The summed E-state index contributed by atoms with van der Waals surface area (Å²) in [6.45, 7) is 4.25. The first kappa shape index (κ1) is 45.6. The molecule has 2 aliphatic carbocycles. The Kier molecular flexibility index (Phi) is 14.1. The number of fused-ring (bicyclic) bond motifs is 3.